The Kier molecular flexibility index (Phi) is 4.25. The number of hydrogen-bond acceptors (Lipinski definition) is 3. The molecule has 1 amide bonds. The third-order valence-corrected chi connectivity index (χ3v) is 3.01. The molecule has 1 saturated carbocycles. The summed E-state index contributed by atoms with van der Waals surface area (Å²) in [6.45, 7) is 0. The van der Waals surface area contributed by atoms with Gasteiger partial charge in [-0.2, -0.15) is 11.8 Å². The van der Waals surface area contributed by atoms with E-state index < -0.39 is 5.97 Å². The second kappa shape index (κ2) is 5.24. The summed E-state index contributed by atoms with van der Waals surface area (Å²) in [4.78, 5) is 22.0. The maximum atomic E-state index is 11.2. The van der Waals surface area contributed by atoms with E-state index in [2.05, 4.69) is 5.32 Å². The number of carboxylic acid groups (broad SMARTS) is 1. The molecule has 1 aliphatic carbocycles. The van der Waals surface area contributed by atoms with Crippen LogP contribution in [0.3, 0.4) is 0 Å². The molecule has 0 aromatic rings. The van der Waals surface area contributed by atoms with Gasteiger partial charge in [0.25, 0.3) is 0 Å². The van der Waals surface area contributed by atoms with E-state index in [1.54, 1.807) is 0 Å². The molecule has 2 atom stereocenters. The molecule has 5 heteroatoms. The van der Waals surface area contributed by atoms with Crippen molar-refractivity contribution in [2.75, 3.05) is 12.0 Å². The highest BCUT2D eigenvalue weighted by Crippen LogP contribution is 2.25. The van der Waals surface area contributed by atoms with Crippen LogP contribution in [-0.4, -0.2) is 35.0 Å². The van der Waals surface area contributed by atoms with Crippen molar-refractivity contribution in [3.8, 4) is 0 Å². The summed E-state index contributed by atoms with van der Waals surface area (Å²) in [5.41, 5.74) is 0. The van der Waals surface area contributed by atoms with Crippen molar-refractivity contribution in [3.63, 3.8) is 0 Å². The number of aliphatic carboxylic acids is 1. The highest BCUT2D eigenvalue weighted by atomic mass is 32.2. The van der Waals surface area contributed by atoms with Crippen molar-refractivity contribution < 1.29 is 14.7 Å². The lowest BCUT2D eigenvalue weighted by Gasteiger charge is -2.16. The van der Waals surface area contributed by atoms with E-state index in [1.807, 2.05) is 6.26 Å². The van der Waals surface area contributed by atoms with Crippen LogP contribution in [0.15, 0.2) is 0 Å². The molecule has 0 aromatic heterocycles. The Bertz CT molecular complexity index is 232. The van der Waals surface area contributed by atoms with Crippen molar-refractivity contribution >= 4 is 23.6 Å². The molecule has 4 nitrogen and oxygen atoms in total. The minimum atomic E-state index is -0.794. The zero-order valence-corrected chi connectivity index (χ0v) is 8.97. The Morgan fingerprint density at radius 3 is 2.79 bits per heavy atom. The first-order valence-corrected chi connectivity index (χ1v) is 6.05. The van der Waals surface area contributed by atoms with E-state index in [1.165, 1.54) is 11.8 Å². The van der Waals surface area contributed by atoms with Gasteiger partial charge in [-0.3, -0.25) is 9.59 Å². The number of thioether (sulfide) groups is 1. The van der Waals surface area contributed by atoms with E-state index in [4.69, 9.17) is 5.11 Å². The molecule has 1 rings (SSSR count). The molecule has 0 heterocycles. The molecule has 0 bridgehead atoms. The second-order valence-electron chi connectivity index (χ2n) is 3.48. The maximum absolute atomic E-state index is 11.2. The van der Waals surface area contributed by atoms with Gasteiger partial charge in [0.1, 0.15) is 0 Å². The van der Waals surface area contributed by atoms with E-state index in [-0.39, 0.29) is 17.9 Å². The molecular formula is C9H15NO3S. The van der Waals surface area contributed by atoms with Crippen LogP contribution in [0.1, 0.15) is 19.3 Å². The summed E-state index contributed by atoms with van der Waals surface area (Å²) in [6, 6.07) is -0.160. The predicted molar refractivity (Wildman–Crippen MR) is 55.3 cm³/mol. The number of carbonyl (C=O) groups is 2. The normalized spacial score (nSPS) is 26.1. The quantitative estimate of drug-likeness (QED) is 0.728. The average molecular weight is 217 g/mol. The Balaban J connectivity index is 2.43. The molecule has 0 aliphatic heterocycles. The van der Waals surface area contributed by atoms with Crippen LogP contribution < -0.4 is 5.32 Å². The van der Waals surface area contributed by atoms with Crippen molar-refractivity contribution in [2.24, 2.45) is 5.92 Å². The first-order valence-electron chi connectivity index (χ1n) is 4.66. The van der Waals surface area contributed by atoms with Crippen molar-refractivity contribution in [1.82, 2.24) is 5.32 Å². The summed E-state index contributed by atoms with van der Waals surface area (Å²) in [7, 11) is 0. The number of hydrogen-bond donors (Lipinski definition) is 2. The Labute approximate surface area is 87.4 Å². The largest absolute Gasteiger partial charge is 0.481 e. The minimum absolute atomic E-state index is 0.0596. The van der Waals surface area contributed by atoms with E-state index in [9.17, 15) is 9.59 Å². The molecule has 0 aromatic carbocycles. The fraction of sp³-hybridized carbons (Fsp3) is 0.778. The molecule has 0 spiro atoms. The Morgan fingerprint density at radius 2 is 2.21 bits per heavy atom. The summed E-state index contributed by atoms with van der Waals surface area (Å²) < 4.78 is 0. The lowest BCUT2D eigenvalue weighted by Crippen LogP contribution is -2.40. The monoisotopic (exact) mass is 217 g/mol. The first kappa shape index (κ1) is 11.4. The van der Waals surface area contributed by atoms with E-state index in [0.717, 1.165) is 12.8 Å². The van der Waals surface area contributed by atoms with Crippen LogP contribution in [0.5, 0.6) is 0 Å². The number of carbonyl (C=O) groups excluding carboxylic acids is 1. The third-order valence-electron chi connectivity index (χ3n) is 2.45. The SMILES string of the molecule is CSCC(=O)NC1CCCC1C(=O)O. The molecule has 14 heavy (non-hydrogen) atoms. The van der Waals surface area contributed by atoms with Gasteiger partial charge in [-0.1, -0.05) is 6.42 Å². The van der Waals surface area contributed by atoms with Gasteiger partial charge < -0.3 is 10.4 Å². The van der Waals surface area contributed by atoms with Gasteiger partial charge in [-0.25, -0.2) is 0 Å². The van der Waals surface area contributed by atoms with Gasteiger partial charge in [0.05, 0.1) is 11.7 Å². The highest BCUT2D eigenvalue weighted by Gasteiger charge is 2.33. The molecular weight excluding hydrogens is 202 g/mol. The number of rotatable bonds is 4. The van der Waals surface area contributed by atoms with Gasteiger partial charge in [0.2, 0.25) is 5.91 Å². The summed E-state index contributed by atoms with van der Waals surface area (Å²) in [5.74, 6) is -0.837. The van der Waals surface area contributed by atoms with Crippen molar-refractivity contribution in [1.29, 1.82) is 0 Å². The van der Waals surface area contributed by atoms with Gasteiger partial charge in [-0.15, -0.1) is 0 Å². The summed E-state index contributed by atoms with van der Waals surface area (Å²) in [5, 5.41) is 11.6. The van der Waals surface area contributed by atoms with Crippen LogP contribution in [0.4, 0.5) is 0 Å². The maximum Gasteiger partial charge on any atom is 0.308 e. The lowest BCUT2D eigenvalue weighted by atomic mass is 10.0. The Morgan fingerprint density at radius 1 is 1.50 bits per heavy atom. The molecule has 80 valence electrons. The van der Waals surface area contributed by atoms with Gasteiger partial charge in [0.15, 0.2) is 0 Å². The summed E-state index contributed by atoms with van der Waals surface area (Å²) in [6.07, 6.45) is 4.21. The van der Waals surface area contributed by atoms with Crippen molar-refractivity contribution in [3.05, 3.63) is 0 Å². The Hall–Kier alpha value is -0.710. The van der Waals surface area contributed by atoms with Crippen LogP contribution in [0.2, 0.25) is 0 Å². The molecule has 0 radical (unpaired) electrons. The third kappa shape index (κ3) is 2.90. The van der Waals surface area contributed by atoms with Gasteiger partial charge in [0, 0.05) is 6.04 Å². The van der Waals surface area contributed by atoms with Crippen molar-refractivity contribution in [2.45, 2.75) is 25.3 Å². The average Bonchev–Trinajstić information content (AvgIpc) is 2.52. The summed E-state index contributed by atoms with van der Waals surface area (Å²) >= 11 is 1.44. The van der Waals surface area contributed by atoms with Crippen LogP contribution in [-0.2, 0) is 9.59 Å². The zero-order valence-electron chi connectivity index (χ0n) is 8.16. The first-order chi connectivity index (χ1) is 6.65. The van der Waals surface area contributed by atoms with E-state index >= 15 is 0 Å². The molecule has 2 unspecified atom stereocenters. The van der Waals surface area contributed by atoms with Crippen LogP contribution in [0, 0.1) is 5.92 Å². The number of amides is 1. The number of nitrogens with one attached hydrogen (secondary N) is 1. The minimum Gasteiger partial charge on any atom is -0.481 e. The molecule has 0 saturated heterocycles. The smallest absolute Gasteiger partial charge is 0.308 e. The van der Waals surface area contributed by atoms with Gasteiger partial charge in [-0.05, 0) is 19.1 Å². The molecule has 1 fully saturated rings. The number of carboxylic acids is 1. The molecule has 1 aliphatic rings. The van der Waals surface area contributed by atoms with Crippen LogP contribution in [0.25, 0.3) is 0 Å². The topological polar surface area (TPSA) is 66.4 Å². The highest BCUT2D eigenvalue weighted by molar-refractivity contribution is 7.99. The zero-order chi connectivity index (χ0) is 10.6. The lowest BCUT2D eigenvalue weighted by molar-refractivity contribution is -0.142. The fourth-order valence-corrected chi connectivity index (χ4v) is 2.15. The fourth-order valence-electron chi connectivity index (χ4n) is 1.81. The predicted octanol–water partition coefficient (Wildman–Crippen LogP) is 0.719. The van der Waals surface area contributed by atoms with Crippen LogP contribution >= 0.6 is 11.8 Å². The van der Waals surface area contributed by atoms with E-state index in [0.29, 0.717) is 12.2 Å². The molecule has 2 N–H and O–H groups in total. The standard InChI is InChI=1S/C9H15NO3S/c1-14-5-8(11)10-7-4-2-3-6(7)9(12)13/h6-7H,2-5H2,1H3,(H,10,11)(H,12,13). The second-order valence-corrected chi connectivity index (χ2v) is 4.35. The van der Waals surface area contributed by atoms with Gasteiger partial charge >= 0.3 is 5.97 Å².